The van der Waals surface area contributed by atoms with Crippen molar-refractivity contribution in [2.24, 2.45) is 5.16 Å². The highest BCUT2D eigenvalue weighted by Crippen LogP contribution is 2.16. The quantitative estimate of drug-likeness (QED) is 0.311. The van der Waals surface area contributed by atoms with Gasteiger partial charge in [0.05, 0.1) is 12.6 Å². The molecule has 0 aromatic carbocycles. The number of nitriles is 1. The van der Waals surface area contributed by atoms with Gasteiger partial charge in [0.25, 0.3) is 0 Å². The number of rotatable bonds is 4. The van der Waals surface area contributed by atoms with Crippen LogP contribution in [0.5, 0.6) is 0 Å². The molecule has 1 heterocycles. The Morgan fingerprint density at radius 2 is 2.44 bits per heavy atom. The average molecular weight is 219 g/mol. The van der Waals surface area contributed by atoms with E-state index in [2.05, 4.69) is 28.0 Å². The first kappa shape index (κ1) is 12.5. The van der Waals surface area contributed by atoms with Gasteiger partial charge in [-0.15, -0.1) is 0 Å². The van der Waals surface area contributed by atoms with Gasteiger partial charge in [0, 0.05) is 6.04 Å². The van der Waals surface area contributed by atoms with Crippen LogP contribution in [0.3, 0.4) is 0 Å². The van der Waals surface area contributed by atoms with Crippen molar-refractivity contribution in [1.29, 1.82) is 5.26 Å². The van der Waals surface area contributed by atoms with Crippen LogP contribution in [0.15, 0.2) is 5.16 Å². The van der Waals surface area contributed by atoms with Gasteiger partial charge < -0.3 is 4.84 Å². The number of hydrogen-bond acceptors (Lipinski definition) is 4. The molecule has 1 atom stereocenters. The van der Waals surface area contributed by atoms with Gasteiger partial charge in [-0.25, -0.2) is 0 Å². The van der Waals surface area contributed by atoms with Crippen LogP contribution in [0, 0.1) is 23.2 Å². The second-order valence-electron chi connectivity index (χ2n) is 3.77. The minimum Gasteiger partial charge on any atom is -0.393 e. The molecule has 0 spiro atoms. The molecule has 0 radical (unpaired) electrons. The number of oxime groups is 1. The van der Waals surface area contributed by atoms with Crippen molar-refractivity contribution in [3.63, 3.8) is 0 Å². The number of likely N-dealkylation sites (tertiary alicyclic amines) is 1. The zero-order chi connectivity index (χ0) is 11.8. The van der Waals surface area contributed by atoms with Gasteiger partial charge in [0.2, 0.25) is 0 Å². The third kappa shape index (κ3) is 3.92. The second kappa shape index (κ2) is 6.87. The van der Waals surface area contributed by atoms with E-state index in [1.54, 1.807) is 6.92 Å². The molecule has 4 nitrogen and oxygen atoms in total. The molecule has 0 saturated carbocycles. The standard InChI is InChI=1S/C12H17N3O/c1-3-5-11(2)14-16-10-12-6-4-8-15(12)9-7-13/h12H,4,6,8-10H2,1-2H3/b14-11-/t12-/m1/s1. The summed E-state index contributed by atoms with van der Waals surface area (Å²) >= 11 is 0. The molecule has 1 fully saturated rings. The van der Waals surface area contributed by atoms with Crippen LogP contribution in [0.2, 0.25) is 0 Å². The Balaban J connectivity index is 2.34. The monoisotopic (exact) mass is 219 g/mol. The lowest BCUT2D eigenvalue weighted by Gasteiger charge is -2.19. The summed E-state index contributed by atoms with van der Waals surface area (Å²) in [6.07, 6.45) is 2.21. The van der Waals surface area contributed by atoms with Crippen molar-refractivity contribution < 1.29 is 4.84 Å². The third-order valence-corrected chi connectivity index (χ3v) is 2.55. The lowest BCUT2D eigenvalue weighted by Crippen LogP contribution is -2.33. The van der Waals surface area contributed by atoms with Crippen molar-refractivity contribution in [3.05, 3.63) is 0 Å². The Morgan fingerprint density at radius 3 is 3.12 bits per heavy atom. The first-order valence-electron chi connectivity index (χ1n) is 5.48. The van der Waals surface area contributed by atoms with Crippen LogP contribution in [0.25, 0.3) is 0 Å². The highest BCUT2D eigenvalue weighted by Gasteiger charge is 2.24. The summed E-state index contributed by atoms with van der Waals surface area (Å²) in [5, 5.41) is 12.6. The van der Waals surface area contributed by atoms with Crippen molar-refractivity contribution in [1.82, 2.24) is 4.90 Å². The van der Waals surface area contributed by atoms with Crippen LogP contribution < -0.4 is 0 Å². The van der Waals surface area contributed by atoms with E-state index in [9.17, 15) is 0 Å². The van der Waals surface area contributed by atoms with Gasteiger partial charge in [0.15, 0.2) is 0 Å². The van der Waals surface area contributed by atoms with Gasteiger partial charge in [-0.1, -0.05) is 11.1 Å². The minimum atomic E-state index is 0.325. The van der Waals surface area contributed by atoms with E-state index in [0.29, 0.717) is 24.9 Å². The highest BCUT2D eigenvalue weighted by atomic mass is 16.6. The van der Waals surface area contributed by atoms with Crippen LogP contribution in [0.4, 0.5) is 0 Å². The van der Waals surface area contributed by atoms with Gasteiger partial charge >= 0.3 is 0 Å². The van der Waals surface area contributed by atoms with Crippen molar-refractivity contribution in [2.75, 3.05) is 19.7 Å². The van der Waals surface area contributed by atoms with E-state index < -0.39 is 0 Å². The lowest BCUT2D eigenvalue weighted by atomic mass is 10.2. The second-order valence-corrected chi connectivity index (χ2v) is 3.77. The van der Waals surface area contributed by atoms with Gasteiger partial charge in [-0.2, -0.15) is 5.26 Å². The van der Waals surface area contributed by atoms with E-state index in [1.807, 2.05) is 6.92 Å². The summed E-state index contributed by atoms with van der Waals surface area (Å²) in [5.41, 5.74) is 0.687. The lowest BCUT2D eigenvalue weighted by molar-refractivity contribution is 0.0875. The van der Waals surface area contributed by atoms with Crippen molar-refractivity contribution in [3.8, 4) is 17.9 Å². The first-order valence-corrected chi connectivity index (χ1v) is 5.48. The predicted molar refractivity (Wildman–Crippen MR) is 62.7 cm³/mol. The molecule has 4 heteroatoms. The number of hydrogen-bond donors (Lipinski definition) is 0. The van der Waals surface area contributed by atoms with E-state index >= 15 is 0 Å². The fourth-order valence-electron chi connectivity index (χ4n) is 1.81. The zero-order valence-corrected chi connectivity index (χ0v) is 9.86. The number of nitrogens with zero attached hydrogens (tertiary/aromatic N) is 3. The third-order valence-electron chi connectivity index (χ3n) is 2.55. The van der Waals surface area contributed by atoms with E-state index in [-0.39, 0.29) is 0 Å². The Hall–Kier alpha value is -1.52. The Bertz CT molecular complexity index is 346. The fourth-order valence-corrected chi connectivity index (χ4v) is 1.81. The molecule has 0 aliphatic carbocycles. The molecule has 0 amide bonds. The molecular weight excluding hydrogens is 202 g/mol. The maximum atomic E-state index is 8.65. The van der Waals surface area contributed by atoms with Crippen LogP contribution in [-0.4, -0.2) is 36.3 Å². The Morgan fingerprint density at radius 1 is 1.62 bits per heavy atom. The fraction of sp³-hybridized carbons (Fsp3) is 0.667. The SMILES string of the molecule is CC#C/C(C)=N\OC[C@H]1CCCN1CC#N. The van der Waals surface area contributed by atoms with Gasteiger partial charge in [-0.3, -0.25) is 4.90 Å². The smallest absolute Gasteiger partial charge is 0.132 e. The molecule has 0 N–H and O–H groups in total. The van der Waals surface area contributed by atoms with Gasteiger partial charge in [-0.05, 0) is 39.2 Å². The zero-order valence-electron chi connectivity index (χ0n) is 9.86. The molecule has 0 unspecified atom stereocenters. The molecule has 0 aromatic rings. The van der Waals surface area contributed by atoms with E-state index in [1.165, 1.54) is 0 Å². The molecular formula is C12H17N3O. The molecule has 1 aliphatic heterocycles. The van der Waals surface area contributed by atoms with Crippen LogP contribution >= 0.6 is 0 Å². The molecule has 0 bridgehead atoms. The van der Waals surface area contributed by atoms with Crippen LogP contribution in [-0.2, 0) is 4.84 Å². The molecule has 1 rings (SSSR count). The molecule has 0 aromatic heterocycles. The molecule has 86 valence electrons. The molecule has 16 heavy (non-hydrogen) atoms. The summed E-state index contributed by atoms with van der Waals surface area (Å²) in [4.78, 5) is 7.38. The summed E-state index contributed by atoms with van der Waals surface area (Å²) < 4.78 is 0. The maximum absolute atomic E-state index is 8.65. The Kier molecular flexibility index (Phi) is 5.39. The predicted octanol–water partition coefficient (Wildman–Crippen LogP) is 1.39. The summed E-state index contributed by atoms with van der Waals surface area (Å²) in [7, 11) is 0. The largest absolute Gasteiger partial charge is 0.393 e. The van der Waals surface area contributed by atoms with Gasteiger partial charge in [0.1, 0.15) is 12.3 Å². The summed E-state index contributed by atoms with van der Waals surface area (Å²) in [6.45, 7) is 5.60. The Labute approximate surface area is 96.9 Å². The van der Waals surface area contributed by atoms with E-state index in [0.717, 1.165) is 19.4 Å². The van der Waals surface area contributed by atoms with Crippen molar-refractivity contribution >= 4 is 5.71 Å². The summed E-state index contributed by atoms with van der Waals surface area (Å²) in [5.74, 6) is 5.58. The molecule has 1 saturated heterocycles. The average Bonchev–Trinajstić information content (AvgIpc) is 2.67. The topological polar surface area (TPSA) is 48.6 Å². The maximum Gasteiger partial charge on any atom is 0.132 e. The van der Waals surface area contributed by atoms with E-state index in [4.69, 9.17) is 10.1 Å². The first-order chi connectivity index (χ1) is 7.77. The van der Waals surface area contributed by atoms with Crippen molar-refractivity contribution in [2.45, 2.75) is 32.7 Å². The summed E-state index contributed by atoms with van der Waals surface area (Å²) in [6, 6.07) is 2.50. The highest BCUT2D eigenvalue weighted by molar-refractivity contribution is 5.97. The van der Waals surface area contributed by atoms with Crippen LogP contribution in [0.1, 0.15) is 26.7 Å². The molecule has 1 aliphatic rings. The minimum absolute atomic E-state index is 0.325. The normalized spacial score (nSPS) is 21.1.